The molecule has 18 heavy (non-hydrogen) atoms. The number of amides is 4. The Hall–Kier alpha value is -1.63. The zero-order valence-electron chi connectivity index (χ0n) is 10.4. The maximum absolute atomic E-state index is 12.0. The molecule has 0 bridgehead atoms. The molecular weight excluding hydrogens is 236 g/mol. The van der Waals surface area contributed by atoms with Gasteiger partial charge in [0.15, 0.2) is 0 Å². The van der Waals surface area contributed by atoms with Crippen LogP contribution in [0.1, 0.15) is 13.3 Å². The highest BCUT2D eigenvalue weighted by atomic mass is 16.2. The van der Waals surface area contributed by atoms with E-state index in [1.54, 1.807) is 4.90 Å². The number of carbonyl (C=O) groups excluding carboxylic acids is 3. The van der Waals surface area contributed by atoms with E-state index in [9.17, 15) is 14.4 Å². The van der Waals surface area contributed by atoms with Crippen molar-refractivity contribution >= 4 is 17.8 Å². The van der Waals surface area contributed by atoms with Gasteiger partial charge in [-0.2, -0.15) is 0 Å². The molecule has 2 aliphatic rings. The second kappa shape index (κ2) is 5.34. The summed E-state index contributed by atoms with van der Waals surface area (Å²) in [5, 5.41) is 4.56. The fourth-order valence-corrected chi connectivity index (χ4v) is 2.22. The highest BCUT2D eigenvalue weighted by Gasteiger charge is 2.33. The number of hydrogen-bond donors (Lipinski definition) is 2. The summed E-state index contributed by atoms with van der Waals surface area (Å²) in [6.45, 7) is 6.19. The average Bonchev–Trinajstić information content (AvgIpc) is 2.68. The van der Waals surface area contributed by atoms with Crippen LogP contribution in [0.25, 0.3) is 0 Å². The SMILES string of the molecule is CCN1CCN(C(=O)CC2NC(=O)NC2=O)CC1. The van der Waals surface area contributed by atoms with Crippen LogP contribution in [-0.2, 0) is 9.59 Å². The molecule has 2 saturated heterocycles. The largest absolute Gasteiger partial charge is 0.340 e. The summed E-state index contributed by atoms with van der Waals surface area (Å²) in [6.07, 6.45) is 0.0453. The van der Waals surface area contributed by atoms with E-state index >= 15 is 0 Å². The van der Waals surface area contributed by atoms with Crippen LogP contribution in [0.5, 0.6) is 0 Å². The average molecular weight is 254 g/mol. The van der Waals surface area contributed by atoms with Gasteiger partial charge in [-0.15, -0.1) is 0 Å². The topological polar surface area (TPSA) is 81.8 Å². The second-order valence-electron chi connectivity index (χ2n) is 4.53. The molecule has 7 heteroatoms. The first-order chi connectivity index (χ1) is 8.60. The van der Waals surface area contributed by atoms with Crippen molar-refractivity contribution in [2.45, 2.75) is 19.4 Å². The van der Waals surface area contributed by atoms with Crippen LogP contribution in [0.2, 0.25) is 0 Å². The first-order valence-electron chi connectivity index (χ1n) is 6.21. The van der Waals surface area contributed by atoms with Gasteiger partial charge >= 0.3 is 6.03 Å². The van der Waals surface area contributed by atoms with Gasteiger partial charge in [0.25, 0.3) is 5.91 Å². The van der Waals surface area contributed by atoms with Crippen LogP contribution < -0.4 is 10.6 Å². The molecule has 0 spiro atoms. The van der Waals surface area contributed by atoms with Gasteiger partial charge in [-0.25, -0.2) is 4.79 Å². The van der Waals surface area contributed by atoms with Crippen LogP contribution in [0.15, 0.2) is 0 Å². The highest BCUT2D eigenvalue weighted by Crippen LogP contribution is 2.07. The van der Waals surface area contributed by atoms with Gasteiger partial charge in [-0.1, -0.05) is 6.92 Å². The zero-order valence-corrected chi connectivity index (χ0v) is 10.4. The first kappa shape index (κ1) is 12.8. The molecule has 0 aromatic rings. The smallest absolute Gasteiger partial charge is 0.322 e. The summed E-state index contributed by atoms with van der Waals surface area (Å²) in [5.74, 6) is -0.492. The number of hydrogen-bond acceptors (Lipinski definition) is 4. The molecule has 1 atom stereocenters. The minimum atomic E-state index is -0.714. The van der Waals surface area contributed by atoms with E-state index in [1.165, 1.54) is 0 Å². The molecule has 1 unspecified atom stereocenters. The molecule has 2 N–H and O–H groups in total. The van der Waals surface area contributed by atoms with Crippen molar-refractivity contribution in [2.24, 2.45) is 0 Å². The van der Waals surface area contributed by atoms with Gasteiger partial charge in [-0.3, -0.25) is 14.9 Å². The Labute approximate surface area is 105 Å². The summed E-state index contributed by atoms with van der Waals surface area (Å²) < 4.78 is 0. The summed E-state index contributed by atoms with van der Waals surface area (Å²) in [5.41, 5.74) is 0. The number of likely N-dealkylation sites (N-methyl/N-ethyl adjacent to an activating group) is 1. The maximum Gasteiger partial charge on any atom is 0.322 e. The van der Waals surface area contributed by atoms with Gasteiger partial charge < -0.3 is 15.1 Å². The molecule has 2 heterocycles. The number of rotatable bonds is 3. The summed E-state index contributed by atoms with van der Waals surface area (Å²) in [7, 11) is 0. The predicted molar refractivity (Wildman–Crippen MR) is 63.8 cm³/mol. The van der Waals surface area contributed by atoms with E-state index in [2.05, 4.69) is 22.5 Å². The third kappa shape index (κ3) is 2.79. The molecule has 7 nitrogen and oxygen atoms in total. The van der Waals surface area contributed by atoms with E-state index in [-0.39, 0.29) is 12.3 Å². The molecule has 0 radical (unpaired) electrons. The van der Waals surface area contributed by atoms with E-state index in [1.807, 2.05) is 0 Å². The Bertz CT molecular complexity index is 363. The lowest BCUT2D eigenvalue weighted by molar-refractivity contribution is -0.135. The van der Waals surface area contributed by atoms with Crippen molar-refractivity contribution in [1.82, 2.24) is 20.4 Å². The number of urea groups is 1. The van der Waals surface area contributed by atoms with Gasteiger partial charge in [-0.05, 0) is 6.54 Å². The lowest BCUT2D eigenvalue weighted by Crippen LogP contribution is -2.49. The fraction of sp³-hybridized carbons (Fsp3) is 0.727. The van der Waals surface area contributed by atoms with Crippen LogP contribution in [-0.4, -0.2) is 66.4 Å². The third-order valence-electron chi connectivity index (χ3n) is 3.41. The van der Waals surface area contributed by atoms with Crippen molar-refractivity contribution in [3.05, 3.63) is 0 Å². The molecule has 0 saturated carbocycles. The number of imide groups is 1. The van der Waals surface area contributed by atoms with Crippen LogP contribution in [0, 0.1) is 0 Å². The summed E-state index contributed by atoms with van der Waals surface area (Å²) >= 11 is 0. The van der Waals surface area contributed by atoms with Crippen LogP contribution in [0.3, 0.4) is 0 Å². The van der Waals surface area contributed by atoms with E-state index in [4.69, 9.17) is 0 Å². The maximum atomic E-state index is 12.0. The van der Waals surface area contributed by atoms with E-state index in [0.29, 0.717) is 13.1 Å². The van der Waals surface area contributed by atoms with Crippen molar-refractivity contribution in [3.8, 4) is 0 Å². The molecule has 4 amide bonds. The lowest BCUT2D eigenvalue weighted by atomic mass is 10.2. The fourth-order valence-electron chi connectivity index (χ4n) is 2.22. The van der Waals surface area contributed by atoms with Crippen molar-refractivity contribution in [2.75, 3.05) is 32.7 Å². The normalized spacial score (nSPS) is 24.9. The quantitative estimate of drug-likeness (QED) is 0.617. The van der Waals surface area contributed by atoms with Crippen molar-refractivity contribution in [1.29, 1.82) is 0 Å². The number of carbonyl (C=O) groups is 3. The van der Waals surface area contributed by atoms with Crippen molar-refractivity contribution in [3.63, 3.8) is 0 Å². The second-order valence-corrected chi connectivity index (χ2v) is 4.53. The predicted octanol–water partition coefficient (Wildman–Crippen LogP) is -1.25. The summed E-state index contributed by atoms with van der Waals surface area (Å²) in [4.78, 5) is 38.3. The molecule has 100 valence electrons. The molecule has 0 aliphatic carbocycles. The number of piperazine rings is 1. The van der Waals surface area contributed by atoms with Crippen molar-refractivity contribution < 1.29 is 14.4 Å². The number of nitrogens with one attached hydrogen (secondary N) is 2. The van der Waals surface area contributed by atoms with Gasteiger partial charge in [0, 0.05) is 26.2 Å². The lowest BCUT2D eigenvalue weighted by Gasteiger charge is -2.34. The van der Waals surface area contributed by atoms with Crippen LogP contribution in [0.4, 0.5) is 4.79 Å². The molecule has 2 aliphatic heterocycles. The van der Waals surface area contributed by atoms with Crippen LogP contribution >= 0.6 is 0 Å². The molecule has 0 aromatic carbocycles. The monoisotopic (exact) mass is 254 g/mol. The number of nitrogens with zero attached hydrogens (tertiary/aromatic N) is 2. The Morgan fingerprint density at radius 3 is 2.44 bits per heavy atom. The first-order valence-corrected chi connectivity index (χ1v) is 6.21. The standard InChI is InChI=1S/C11H18N4O3/c1-2-14-3-5-15(6-4-14)9(16)7-8-10(17)13-11(18)12-8/h8H,2-7H2,1H3,(H2,12,13,17,18). The minimum absolute atomic E-state index is 0.0453. The summed E-state index contributed by atoms with van der Waals surface area (Å²) in [6, 6.07) is -1.23. The van der Waals surface area contributed by atoms with E-state index < -0.39 is 18.0 Å². The van der Waals surface area contributed by atoms with Gasteiger partial charge in [0.1, 0.15) is 6.04 Å². The Balaban J connectivity index is 1.82. The zero-order chi connectivity index (χ0) is 13.1. The highest BCUT2D eigenvalue weighted by molar-refractivity contribution is 6.05. The van der Waals surface area contributed by atoms with E-state index in [0.717, 1.165) is 19.6 Å². The Morgan fingerprint density at radius 2 is 1.94 bits per heavy atom. The molecule has 0 aromatic heterocycles. The van der Waals surface area contributed by atoms with Gasteiger partial charge in [0.2, 0.25) is 5.91 Å². The molecular formula is C11H18N4O3. The van der Waals surface area contributed by atoms with Gasteiger partial charge in [0.05, 0.1) is 6.42 Å². The molecule has 2 rings (SSSR count). The minimum Gasteiger partial charge on any atom is -0.340 e. The Morgan fingerprint density at radius 1 is 1.28 bits per heavy atom. The third-order valence-corrected chi connectivity index (χ3v) is 3.41. The molecule has 2 fully saturated rings. The Kier molecular flexibility index (Phi) is 3.81.